The zero-order valence-corrected chi connectivity index (χ0v) is 31.1. The van der Waals surface area contributed by atoms with Gasteiger partial charge in [-0.05, 0) is 142 Å². The van der Waals surface area contributed by atoms with Gasteiger partial charge in [-0.1, -0.05) is 80.6 Å². The molecule has 6 heteroatoms. The lowest BCUT2D eigenvalue weighted by atomic mass is 9.75. The van der Waals surface area contributed by atoms with Crippen LogP contribution in [-0.2, 0) is 14.3 Å². The number of phenolic OH excluding ortho intramolecular Hbond substituents is 1. The Morgan fingerprint density at radius 1 is 0.745 bits per heavy atom. The van der Waals surface area contributed by atoms with E-state index in [9.17, 15) is 9.90 Å². The largest absolute Gasteiger partial charge is 0.508 e. The Kier molecular flexibility index (Phi) is 13.6. The van der Waals surface area contributed by atoms with E-state index < -0.39 is 5.60 Å². The third kappa shape index (κ3) is 11.9. The molecule has 51 heavy (non-hydrogen) atoms. The van der Waals surface area contributed by atoms with E-state index in [-0.39, 0.29) is 36.5 Å². The van der Waals surface area contributed by atoms with Crippen LogP contribution in [0.25, 0.3) is 0 Å². The van der Waals surface area contributed by atoms with Crippen molar-refractivity contribution in [1.82, 2.24) is 0 Å². The van der Waals surface area contributed by atoms with Crippen LogP contribution in [0.5, 0.6) is 17.2 Å². The van der Waals surface area contributed by atoms with Crippen LogP contribution in [0, 0.1) is 0 Å². The molecule has 0 aliphatic carbocycles. The Hall–Kier alpha value is -4.29. The molecular weight excluding hydrogens is 636 g/mol. The highest BCUT2D eigenvalue weighted by Crippen LogP contribution is 2.43. The number of rotatable bonds is 16. The van der Waals surface area contributed by atoms with Crippen molar-refractivity contribution in [3.63, 3.8) is 0 Å². The molecule has 6 nitrogen and oxygen atoms in total. The molecule has 5 atom stereocenters. The minimum absolute atomic E-state index is 0.134. The fourth-order valence-corrected chi connectivity index (χ4v) is 7.18. The average molecular weight is 693 g/mol. The first kappa shape index (κ1) is 38.0. The number of carbonyl (C=O) groups excluding carboxylic acids is 1. The van der Waals surface area contributed by atoms with Crippen molar-refractivity contribution in [3.05, 3.63) is 125 Å². The number of carbonyl (C=O) groups is 1. The molecule has 1 fully saturated rings. The van der Waals surface area contributed by atoms with Gasteiger partial charge in [-0.2, -0.15) is 0 Å². The van der Waals surface area contributed by atoms with Crippen molar-refractivity contribution in [1.29, 1.82) is 0 Å². The van der Waals surface area contributed by atoms with Crippen LogP contribution in [-0.4, -0.2) is 36.2 Å². The van der Waals surface area contributed by atoms with Gasteiger partial charge >= 0.3 is 5.97 Å². The Morgan fingerprint density at radius 2 is 1.31 bits per heavy atom. The maximum Gasteiger partial charge on any atom is 0.344 e. The van der Waals surface area contributed by atoms with Crippen molar-refractivity contribution in [2.45, 2.75) is 115 Å². The van der Waals surface area contributed by atoms with Crippen molar-refractivity contribution in [2.75, 3.05) is 13.2 Å². The SMILES string of the molecule is CCC(CC(CC(CC(C)c1ccccc1)c1ccc(OC2CCCCO2)cc1)c1ccc(OCC(=O)OC(C)(C)C)cc1)c1ccc(O)cc1. The number of aromatic hydroxyl groups is 1. The molecule has 0 spiro atoms. The molecule has 4 aromatic rings. The zero-order chi connectivity index (χ0) is 36.2. The molecule has 0 bridgehead atoms. The van der Waals surface area contributed by atoms with Crippen LogP contribution < -0.4 is 9.47 Å². The van der Waals surface area contributed by atoms with Crippen LogP contribution >= 0.6 is 0 Å². The molecule has 1 saturated heterocycles. The summed E-state index contributed by atoms with van der Waals surface area (Å²) in [6.45, 7) is 10.7. The predicted octanol–water partition coefficient (Wildman–Crippen LogP) is 11.1. The lowest BCUT2D eigenvalue weighted by Gasteiger charge is -2.30. The van der Waals surface area contributed by atoms with Crippen molar-refractivity contribution < 1.29 is 28.8 Å². The van der Waals surface area contributed by atoms with Crippen molar-refractivity contribution in [2.24, 2.45) is 0 Å². The molecule has 1 N–H and O–H groups in total. The topological polar surface area (TPSA) is 74.2 Å². The summed E-state index contributed by atoms with van der Waals surface area (Å²) in [5.74, 6) is 2.59. The highest BCUT2D eigenvalue weighted by molar-refractivity contribution is 5.71. The first-order valence-electron chi connectivity index (χ1n) is 18.7. The van der Waals surface area contributed by atoms with Crippen LogP contribution in [0.15, 0.2) is 103 Å². The summed E-state index contributed by atoms with van der Waals surface area (Å²) in [6, 6.07) is 35.4. The maximum absolute atomic E-state index is 12.3. The quantitative estimate of drug-likeness (QED) is 0.118. The molecule has 4 aromatic carbocycles. The van der Waals surface area contributed by atoms with E-state index in [1.807, 2.05) is 32.9 Å². The average Bonchev–Trinajstić information content (AvgIpc) is 3.13. The van der Waals surface area contributed by atoms with E-state index in [1.54, 1.807) is 12.1 Å². The summed E-state index contributed by atoms with van der Waals surface area (Å²) in [5, 5.41) is 10.0. The molecule has 0 amide bonds. The molecule has 5 unspecified atom stereocenters. The molecule has 0 radical (unpaired) electrons. The van der Waals surface area contributed by atoms with Gasteiger partial charge in [-0.3, -0.25) is 0 Å². The minimum Gasteiger partial charge on any atom is -0.508 e. The summed E-state index contributed by atoms with van der Waals surface area (Å²) in [4.78, 5) is 12.3. The number of hydrogen-bond acceptors (Lipinski definition) is 6. The Balaban J connectivity index is 1.42. The van der Waals surface area contributed by atoms with Gasteiger partial charge < -0.3 is 24.1 Å². The highest BCUT2D eigenvalue weighted by Gasteiger charge is 2.26. The van der Waals surface area contributed by atoms with Crippen LogP contribution in [0.4, 0.5) is 0 Å². The van der Waals surface area contributed by atoms with E-state index >= 15 is 0 Å². The van der Waals surface area contributed by atoms with E-state index in [4.69, 9.17) is 18.9 Å². The molecule has 5 rings (SSSR count). The van der Waals surface area contributed by atoms with E-state index in [0.717, 1.165) is 57.3 Å². The first-order chi connectivity index (χ1) is 24.6. The second-order valence-electron chi connectivity index (χ2n) is 15.0. The number of esters is 1. The third-order valence-electron chi connectivity index (χ3n) is 9.89. The lowest BCUT2D eigenvalue weighted by molar-refractivity contribution is -0.157. The first-order valence-corrected chi connectivity index (χ1v) is 18.7. The van der Waals surface area contributed by atoms with Gasteiger partial charge in [0, 0.05) is 6.42 Å². The Labute approximate surface area is 305 Å². The van der Waals surface area contributed by atoms with Gasteiger partial charge in [0.2, 0.25) is 0 Å². The summed E-state index contributed by atoms with van der Waals surface area (Å²) in [6.07, 6.45) is 6.86. The van der Waals surface area contributed by atoms with E-state index in [2.05, 4.69) is 92.7 Å². The fraction of sp³-hybridized carbons (Fsp3) is 0.444. The fourth-order valence-electron chi connectivity index (χ4n) is 7.18. The van der Waals surface area contributed by atoms with Crippen LogP contribution in [0.2, 0.25) is 0 Å². The normalized spacial score (nSPS) is 17.2. The monoisotopic (exact) mass is 692 g/mol. The van der Waals surface area contributed by atoms with Gasteiger partial charge in [-0.15, -0.1) is 0 Å². The Morgan fingerprint density at radius 3 is 1.90 bits per heavy atom. The van der Waals surface area contributed by atoms with Crippen LogP contribution in [0.1, 0.15) is 125 Å². The predicted molar refractivity (Wildman–Crippen MR) is 204 cm³/mol. The second kappa shape index (κ2) is 18.3. The third-order valence-corrected chi connectivity index (χ3v) is 9.89. The standard InChI is InChI=1S/C45H56O6/c1-6-33(35-15-21-40(46)22-16-35)29-39(37-17-23-41(24-18-37)49-31-43(47)51-45(3,4)5)30-38(28-32(2)34-12-8-7-9-13-34)36-19-25-42(26-20-36)50-44-14-10-11-27-48-44/h7-9,12-13,15-26,32-33,38-39,44,46H,6,10-11,14,27-31H2,1-5H3. The summed E-state index contributed by atoms with van der Waals surface area (Å²) >= 11 is 0. The molecule has 1 aliphatic heterocycles. The van der Waals surface area contributed by atoms with Crippen LogP contribution in [0.3, 0.4) is 0 Å². The number of phenols is 1. The summed E-state index contributed by atoms with van der Waals surface area (Å²) in [5.41, 5.74) is 4.56. The zero-order valence-electron chi connectivity index (χ0n) is 31.1. The van der Waals surface area contributed by atoms with Crippen molar-refractivity contribution in [3.8, 4) is 17.2 Å². The number of ether oxygens (including phenoxy) is 4. The summed E-state index contributed by atoms with van der Waals surface area (Å²) in [7, 11) is 0. The maximum atomic E-state index is 12.3. The van der Waals surface area contributed by atoms with E-state index in [1.165, 1.54) is 22.3 Å². The van der Waals surface area contributed by atoms with Gasteiger partial charge in [0.05, 0.1) is 6.61 Å². The smallest absolute Gasteiger partial charge is 0.344 e. The summed E-state index contributed by atoms with van der Waals surface area (Å²) < 4.78 is 23.3. The molecule has 0 saturated carbocycles. The molecule has 272 valence electrons. The lowest BCUT2D eigenvalue weighted by Crippen LogP contribution is -2.27. The molecule has 1 aliphatic rings. The second-order valence-corrected chi connectivity index (χ2v) is 15.0. The number of benzene rings is 4. The van der Waals surface area contributed by atoms with Gasteiger partial charge in [0.15, 0.2) is 12.9 Å². The highest BCUT2D eigenvalue weighted by atomic mass is 16.7. The van der Waals surface area contributed by atoms with Gasteiger partial charge in [0.25, 0.3) is 0 Å². The van der Waals surface area contributed by atoms with E-state index in [0.29, 0.717) is 17.6 Å². The number of hydrogen-bond donors (Lipinski definition) is 1. The molecule has 0 aromatic heterocycles. The molecule has 1 heterocycles. The minimum atomic E-state index is -0.559. The van der Waals surface area contributed by atoms with Gasteiger partial charge in [-0.25, -0.2) is 4.79 Å². The Bertz CT molecular complexity index is 1600. The van der Waals surface area contributed by atoms with Gasteiger partial charge in [0.1, 0.15) is 22.8 Å². The molecular formula is C45H56O6. The van der Waals surface area contributed by atoms with Crippen molar-refractivity contribution >= 4 is 5.97 Å².